The first-order valence-electron chi connectivity index (χ1n) is 10.6. The number of carbonyl (C=O) groups excluding carboxylic acids is 3. The van der Waals surface area contributed by atoms with E-state index in [9.17, 15) is 23.0 Å². The Hall–Kier alpha value is -3.19. The topological polar surface area (TPSA) is 138 Å². The Morgan fingerprint density at radius 3 is 2.69 bits per heavy atom. The second kappa shape index (κ2) is 9.46. The molecule has 2 N–H and O–H groups in total. The molecule has 2 aromatic heterocycles. The Bertz CT molecular complexity index is 1460. The third kappa shape index (κ3) is 5.25. The van der Waals surface area contributed by atoms with E-state index in [1.165, 1.54) is 30.0 Å². The summed E-state index contributed by atoms with van der Waals surface area (Å²) in [5.74, 6) is -1.21. The molecule has 1 aromatic carbocycles. The summed E-state index contributed by atoms with van der Waals surface area (Å²) in [6.07, 6.45) is -0.253. The van der Waals surface area contributed by atoms with Gasteiger partial charge in [-0.2, -0.15) is 5.10 Å². The Kier molecular flexibility index (Phi) is 6.73. The zero-order valence-corrected chi connectivity index (χ0v) is 21.2. The van der Waals surface area contributed by atoms with Crippen LogP contribution < -0.4 is 5.32 Å². The van der Waals surface area contributed by atoms with Crippen molar-refractivity contribution < 1.29 is 23.0 Å². The number of aromatic nitrogens is 3. The minimum absolute atomic E-state index is 0.0677. The number of rotatable bonds is 6. The molecule has 0 saturated carbocycles. The fourth-order valence-corrected chi connectivity index (χ4v) is 5.01. The van der Waals surface area contributed by atoms with Crippen molar-refractivity contribution >= 4 is 60.0 Å². The van der Waals surface area contributed by atoms with E-state index in [2.05, 4.69) is 31.3 Å². The summed E-state index contributed by atoms with van der Waals surface area (Å²) in [4.78, 5) is 43.7. The molecule has 2 amide bonds. The minimum Gasteiger partial charge on any atom is -0.326 e. The highest BCUT2D eigenvalue weighted by molar-refractivity contribution is 9.10. The first-order chi connectivity index (χ1) is 16.4. The number of benzene rings is 1. The standard InChI is InChI=1S/C22H22BrFN6O4S/c1-12(31)21-15-9-14(35(2,25)34)6-7-16(15)30(28-21)11-20(32)29-10-13(24)8-17(29)22(33)27-19-5-3-4-18(23)26-19/h3-7,9,13,17,25H,8,10-11H2,1-2H3,(H,26,27,33)/t13-,17+,35?/m1/s1. The summed E-state index contributed by atoms with van der Waals surface area (Å²) in [5, 5.41) is 7.22. The maximum Gasteiger partial charge on any atom is 0.248 e. The van der Waals surface area contributed by atoms with Crippen LogP contribution in [0.1, 0.15) is 23.8 Å². The number of anilines is 1. The van der Waals surface area contributed by atoms with Crippen LogP contribution in [0.15, 0.2) is 45.9 Å². The number of pyridine rings is 1. The van der Waals surface area contributed by atoms with Gasteiger partial charge >= 0.3 is 0 Å². The van der Waals surface area contributed by atoms with Gasteiger partial charge in [0.2, 0.25) is 11.8 Å². The second-order valence-electron chi connectivity index (χ2n) is 8.31. The molecule has 1 saturated heterocycles. The van der Waals surface area contributed by atoms with Gasteiger partial charge in [-0.15, -0.1) is 0 Å². The van der Waals surface area contributed by atoms with Crippen molar-refractivity contribution in [3.63, 3.8) is 0 Å². The molecule has 3 heterocycles. The fourth-order valence-electron chi connectivity index (χ4n) is 4.00. The molecule has 4 rings (SSSR count). The fraction of sp³-hybridized carbons (Fsp3) is 0.318. The Labute approximate surface area is 209 Å². The van der Waals surface area contributed by atoms with Gasteiger partial charge in [-0.1, -0.05) is 6.07 Å². The lowest BCUT2D eigenvalue weighted by Gasteiger charge is -2.23. The quantitative estimate of drug-likeness (QED) is 0.348. The number of amides is 2. The third-order valence-electron chi connectivity index (χ3n) is 5.63. The SMILES string of the molecule is CC(=O)c1nn(CC(=O)N2C[C@H](F)C[C@H]2C(=O)Nc2cccc(Br)n2)c2ccc(S(C)(=N)=O)cc12. The Morgan fingerprint density at radius 1 is 1.29 bits per heavy atom. The molecule has 10 nitrogen and oxygen atoms in total. The molecule has 3 atom stereocenters. The zero-order chi connectivity index (χ0) is 25.5. The second-order valence-corrected chi connectivity index (χ2v) is 11.3. The normalized spacial score (nSPS) is 19.5. The lowest BCUT2D eigenvalue weighted by molar-refractivity contribution is -0.137. The summed E-state index contributed by atoms with van der Waals surface area (Å²) in [5.41, 5.74) is 0.490. The lowest BCUT2D eigenvalue weighted by atomic mass is 10.1. The van der Waals surface area contributed by atoms with Crippen LogP contribution in [-0.4, -0.2) is 66.5 Å². The summed E-state index contributed by atoms with van der Waals surface area (Å²) in [6, 6.07) is 8.40. The third-order valence-corrected chi connectivity index (χ3v) is 7.22. The number of nitrogens with zero attached hydrogens (tertiary/aromatic N) is 4. The summed E-state index contributed by atoms with van der Waals surface area (Å²) in [6.45, 7) is 0.731. The average molecular weight is 565 g/mol. The van der Waals surface area contributed by atoms with E-state index in [0.29, 0.717) is 15.5 Å². The predicted octanol–water partition coefficient (Wildman–Crippen LogP) is 3.01. The van der Waals surface area contributed by atoms with Crippen molar-refractivity contribution in [2.45, 2.75) is 37.0 Å². The van der Waals surface area contributed by atoms with Gasteiger partial charge in [0, 0.05) is 29.9 Å². The van der Waals surface area contributed by atoms with E-state index in [1.807, 2.05) is 0 Å². The summed E-state index contributed by atoms with van der Waals surface area (Å²) < 4.78 is 36.1. The number of likely N-dealkylation sites (tertiary alicyclic amines) is 1. The maximum absolute atomic E-state index is 14.3. The smallest absolute Gasteiger partial charge is 0.248 e. The van der Waals surface area contributed by atoms with Crippen molar-refractivity contribution in [2.75, 3.05) is 18.1 Å². The first-order valence-corrected chi connectivity index (χ1v) is 13.3. The van der Waals surface area contributed by atoms with Crippen LogP contribution in [0.5, 0.6) is 0 Å². The van der Waals surface area contributed by atoms with Crippen LogP contribution in [0.2, 0.25) is 0 Å². The highest BCUT2D eigenvalue weighted by Crippen LogP contribution is 2.26. The van der Waals surface area contributed by atoms with Crippen molar-refractivity contribution in [1.29, 1.82) is 4.78 Å². The van der Waals surface area contributed by atoms with Gasteiger partial charge in [0.15, 0.2) is 5.78 Å². The molecule has 1 unspecified atom stereocenters. The largest absolute Gasteiger partial charge is 0.326 e. The van der Waals surface area contributed by atoms with Gasteiger partial charge in [-0.25, -0.2) is 18.4 Å². The van der Waals surface area contributed by atoms with Gasteiger partial charge < -0.3 is 10.2 Å². The van der Waals surface area contributed by atoms with Crippen LogP contribution >= 0.6 is 15.9 Å². The van der Waals surface area contributed by atoms with Crippen LogP contribution in [0.4, 0.5) is 10.2 Å². The van der Waals surface area contributed by atoms with Crippen LogP contribution in [-0.2, 0) is 25.9 Å². The highest BCUT2D eigenvalue weighted by atomic mass is 79.9. The molecule has 3 aromatic rings. The van der Waals surface area contributed by atoms with Crippen molar-refractivity contribution in [3.8, 4) is 0 Å². The number of halogens is 2. The van der Waals surface area contributed by atoms with Crippen molar-refractivity contribution in [1.82, 2.24) is 19.7 Å². The Morgan fingerprint density at radius 2 is 2.03 bits per heavy atom. The number of Topliss-reactive ketones (excluding diaryl/α,β-unsaturated/α-hetero) is 1. The number of carbonyl (C=O) groups is 3. The van der Waals surface area contributed by atoms with Gasteiger partial charge in [-0.05, 0) is 46.3 Å². The minimum atomic E-state index is -3.03. The van der Waals surface area contributed by atoms with Crippen molar-refractivity contribution in [3.05, 3.63) is 46.7 Å². The molecule has 1 fully saturated rings. The monoisotopic (exact) mass is 564 g/mol. The zero-order valence-electron chi connectivity index (χ0n) is 18.8. The molecular formula is C22H22BrFN6O4S. The Balaban J connectivity index is 1.61. The molecule has 0 bridgehead atoms. The van der Waals surface area contributed by atoms with E-state index in [0.717, 1.165) is 4.90 Å². The maximum atomic E-state index is 14.3. The summed E-state index contributed by atoms with van der Waals surface area (Å²) in [7, 11) is -3.03. The van der Waals surface area contributed by atoms with Crippen LogP contribution in [0.25, 0.3) is 10.9 Å². The van der Waals surface area contributed by atoms with Gasteiger partial charge in [0.25, 0.3) is 0 Å². The molecule has 0 aliphatic carbocycles. The summed E-state index contributed by atoms with van der Waals surface area (Å²) >= 11 is 3.22. The molecule has 35 heavy (non-hydrogen) atoms. The number of hydrogen-bond donors (Lipinski definition) is 2. The number of alkyl halides is 1. The lowest BCUT2D eigenvalue weighted by Crippen LogP contribution is -2.44. The molecule has 1 aliphatic rings. The van der Waals surface area contributed by atoms with Crippen molar-refractivity contribution in [2.24, 2.45) is 0 Å². The molecule has 0 spiro atoms. The average Bonchev–Trinajstić information content (AvgIpc) is 3.34. The molecule has 1 aliphatic heterocycles. The van der Waals surface area contributed by atoms with Crippen LogP contribution in [0, 0.1) is 4.78 Å². The molecule has 0 radical (unpaired) electrons. The van der Waals surface area contributed by atoms with E-state index in [-0.39, 0.29) is 41.7 Å². The number of ketones is 1. The van der Waals surface area contributed by atoms with Gasteiger partial charge in [0.05, 0.1) is 21.8 Å². The number of fused-ring (bicyclic) bond motifs is 1. The molecular weight excluding hydrogens is 543 g/mol. The molecule has 184 valence electrons. The van der Waals surface area contributed by atoms with Gasteiger partial charge in [-0.3, -0.25) is 19.1 Å². The number of nitrogens with one attached hydrogen (secondary N) is 2. The van der Waals surface area contributed by atoms with Crippen LogP contribution in [0.3, 0.4) is 0 Å². The highest BCUT2D eigenvalue weighted by Gasteiger charge is 2.40. The van der Waals surface area contributed by atoms with E-state index >= 15 is 0 Å². The van der Waals surface area contributed by atoms with E-state index < -0.39 is 33.8 Å². The number of hydrogen-bond acceptors (Lipinski definition) is 7. The van der Waals surface area contributed by atoms with Gasteiger partial charge in [0.1, 0.15) is 34.9 Å². The van der Waals surface area contributed by atoms with E-state index in [4.69, 9.17) is 4.78 Å². The van der Waals surface area contributed by atoms with E-state index in [1.54, 1.807) is 24.3 Å². The first kappa shape index (κ1) is 24.9. The molecule has 13 heteroatoms. The predicted molar refractivity (Wildman–Crippen MR) is 130 cm³/mol.